The highest BCUT2D eigenvalue weighted by Gasteiger charge is 2.30. The molecule has 2 rings (SSSR count). The van der Waals surface area contributed by atoms with Crippen LogP contribution in [0.1, 0.15) is 25.0 Å². The Balaban J connectivity index is 2.20. The van der Waals surface area contributed by atoms with Crippen LogP contribution in [0.2, 0.25) is 10.0 Å². The minimum absolute atomic E-state index is 0.103. The fraction of sp³-hybridized carbons (Fsp3) is 0.500. The Kier molecular flexibility index (Phi) is 3.75. The maximum atomic E-state index is 10.2. The van der Waals surface area contributed by atoms with Gasteiger partial charge in [0, 0.05) is 11.5 Å². The van der Waals surface area contributed by atoms with E-state index in [1.165, 1.54) is 0 Å². The Hall–Kier alpha value is -0.280. The number of aliphatic hydroxyl groups excluding tert-OH is 1. The van der Waals surface area contributed by atoms with Gasteiger partial charge in [-0.1, -0.05) is 35.3 Å². The van der Waals surface area contributed by atoms with Crippen molar-refractivity contribution >= 4 is 23.2 Å². The van der Waals surface area contributed by atoms with Crippen molar-refractivity contribution < 1.29 is 9.84 Å². The second kappa shape index (κ2) is 4.92. The van der Waals surface area contributed by atoms with Gasteiger partial charge in [0.2, 0.25) is 0 Å². The van der Waals surface area contributed by atoms with Gasteiger partial charge in [-0.2, -0.15) is 0 Å². The average Bonchev–Trinajstić information content (AvgIpc) is 2.68. The zero-order valence-electron chi connectivity index (χ0n) is 8.99. The largest absolute Gasteiger partial charge is 0.388 e. The van der Waals surface area contributed by atoms with Gasteiger partial charge in [-0.25, -0.2) is 0 Å². The molecule has 0 radical (unpaired) electrons. The van der Waals surface area contributed by atoms with Crippen LogP contribution in [-0.2, 0) is 4.74 Å². The molecule has 88 valence electrons. The van der Waals surface area contributed by atoms with E-state index in [-0.39, 0.29) is 12.0 Å². The molecule has 4 heteroatoms. The van der Waals surface area contributed by atoms with Gasteiger partial charge in [0.25, 0.3) is 0 Å². The maximum absolute atomic E-state index is 10.2. The van der Waals surface area contributed by atoms with Crippen LogP contribution in [-0.4, -0.2) is 17.8 Å². The lowest BCUT2D eigenvalue weighted by Crippen LogP contribution is -2.13. The summed E-state index contributed by atoms with van der Waals surface area (Å²) >= 11 is 12.0. The Labute approximate surface area is 105 Å². The molecule has 1 heterocycles. The van der Waals surface area contributed by atoms with Crippen molar-refractivity contribution in [2.24, 2.45) is 5.92 Å². The summed E-state index contributed by atoms with van der Waals surface area (Å²) in [6.45, 7) is 2.58. The molecule has 0 saturated carbocycles. The first-order valence-electron chi connectivity index (χ1n) is 5.33. The van der Waals surface area contributed by atoms with E-state index in [4.69, 9.17) is 27.9 Å². The summed E-state index contributed by atoms with van der Waals surface area (Å²) in [7, 11) is 0. The van der Waals surface area contributed by atoms with Crippen LogP contribution < -0.4 is 0 Å². The molecule has 0 amide bonds. The third kappa shape index (κ3) is 2.35. The lowest BCUT2D eigenvalue weighted by Gasteiger charge is -2.18. The van der Waals surface area contributed by atoms with Crippen molar-refractivity contribution in [1.82, 2.24) is 0 Å². The van der Waals surface area contributed by atoms with Gasteiger partial charge in [-0.3, -0.25) is 0 Å². The number of halogens is 2. The standard InChI is InChI=1S/C12H14Cl2O2/c1-7-5-8(6-16-7)12(15)9-3-2-4-10(13)11(9)14/h2-4,7-8,12,15H,5-6H2,1H3. The van der Waals surface area contributed by atoms with Crippen molar-refractivity contribution in [3.8, 4) is 0 Å². The van der Waals surface area contributed by atoms with Crippen LogP contribution in [0.15, 0.2) is 18.2 Å². The molecule has 2 nitrogen and oxygen atoms in total. The van der Waals surface area contributed by atoms with Crippen LogP contribution in [0.5, 0.6) is 0 Å². The topological polar surface area (TPSA) is 29.5 Å². The molecule has 3 atom stereocenters. The van der Waals surface area contributed by atoms with E-state index in [0.717, 1.165) is 6.42 Å². The summed E-state index contributed by atoms with van der Waals surface area (Å²) in [5.41, 5.74) is 0.692. The normalized spacial score (nSPS) is 27.0. The number of benzene rings is 1. The lowest BCUT2D eigenvalue weighted by atomic mass is 9.93. The number of ether oxygens (including phenoxy) is 1. The molecule has 1 aliphatic heterocycles. The molecule has 1 fully saturated rings. The molecule has 1 aromatic rings. The number of aliphatic hydroxyl groups is 1. The SMILES string of the molecule is CC1CC(C(O)c2cccc(Cl)c2Cl)CO1. The number of hydrogen-bond donors (Lipinski definition) is 1. The van der Waals surface area contributed by atoms with Crippen molar-refractivity contribution in [3.63, 3.8) is 0 Å². The highest BCUT2D eigenvalue weighted by molar-refractivity contribution is 6.42. The van der Waals surface area contributed by atoms with Crippen molar-refractivity contribution in [1.29, 1.82) is 0 Å². The summed E-state index contributed by atoms with van der Waals surface area (Å²) in [4.78, 5) is 0. The number of hydrogen-bond acceptors (Lipinski definition) is 2. The second-order valence-corrected chi connectivity index (χ2v) is 5.01. The second-order valence-electron chi connectivity index (χ2n) is 4.23. The van der Waals surface area contributed by atoms with Crippen LogP contribution >= 0.6 is 23.2 Å². The molecule has 0 aromatic heterocycles. The molecule has 1 aromatic carbocycles. The highest BCUT2D eigenvalue weighted by Crippen LogP contribution is 2.37. The van der Waals surface area contributed by atoms with Crippen LogP contribution in [0.25, 0.3) is 0 Å². The Morgan fingerprint density at radius 2 is 2.19 bits per heavy atom. The summed E-state index contributed by atoms with van der Waals surface area (Å²) in [5, 5.41) is 11.1. The van der Waals surface area contributed by atoms with E-state index in [0.29, 0.717) is 22.2 Å². The summed E-state index contributed by atoms with van der Waals surface area (Å²) in [6, 6.07) is 5.32. The molecule has 1 saturated heterocycles. The average molecular weight is 261 g/mol. The zero-order chi connectivity index (χ0) is 11.7. The van der Waals surface area contributed by atoms with Crippen molar-refractivity contribution in [3.05, 3.63) is 33.8 Å². The van der Waals surface area contributed by atoms with Crippen molar-refractivity contribution in [2.45, 2.75) is 25.6 Å². The third-order valence-electron chi connectivity index (χ3n) is 2.98. The van der Waals surface area contributed by atoms with Crippen molar-refractivity contribution in [2.75, 3.05) is 6.61 Å². The quantitative estimate of drug-likeness (QED) is 0.883. The van der Waals surface area contributed by atoms with E-state index in [1.54, 1.807) is 12.1 Å². The lowest BCUT2D eigenvalue weighted by molar-refractivity contribution is 0.0804. The molecule has 16 heavy (non-hydrogen) atoms. The van der Waals surface area contributed by atoms with E-state index >= 15 is 0 Å². The molecule has 1 aliphatic rings. The number of rotatable bonds is 2. The fourth-order valence-electron chi connectivity index (χ4n) is 2.07. The monoisotopic (exact) mass is 260 g/mol. The Bertz CT molecular complexity index is 381. The molecule has 1 N–H and O–H groups in total. The van der Waals surface area contributed by atoms with Crippen LogP contribution in [0.4, 0.5) is 0 Å². The maximum Gasteiger partial charge on any atom is 0.0856 e. The summed E-state index contributed by atoms with van der Waals surface area (Å²) in [6.07, 6.45) is 0.457. The zero-order valence-corrected chi connectivity index (χ0v) is 10.5. The highest BCUT2D eigenvalue weighted by atomic mass is 35.5. The Morgan fingerprint density at radius 3 is 2.81 bits per heavy atom. The smallest absolute Gasteiger partial charge is 0.0856 e. The fourth-order valence-corrected chi connectivity index (χ4v) is 2.49. The van der Waals surface area contributed by atoms with E-state index in [2.05, 4.69) is 0 Å². The van der Waals surface area contributed by atoms with E-state index in [1.807, 2.05) is 13.0 Å². The van der Waals surface area contributed by atoms with Gasteiger partial charge in [0.1, 0.15) is 0 Å². The minimum atomic E-state index is -0.601. The predicted octanol–water partition coefficient (Wildman–Crippen LogP) is 3.45. The van der Waals surface area contributed by atoms with E-state index < -0.39 is 6.10 Å². The Morgan fingerprint density at radius 1 is 1.44 bits per heavy atom. The van der Waals surface area contributed by atoms with Crippen LogP contribution in [0.3, 0.4) is 0 Å². The first kappa shape index (κ1) is 12.2. The summed E-state index contributed by atoms with van der Waals surface area (Å²) in [5.74, 6) is 0.103. The molecule has 3 unspecified atom stereocenters. The predicted molar refractivity (Wildman–Crippen MR) is 64.9 cm³/mol. The van der Waals surface area contributed by atoms with Gasteiger partial charge in [0.05, 0.1) is 28.9 Å². The molecular formula is C12H14Cl2O2. The van der Waals surface area contributed by atoms with Gasteiger partial charge >= 0.3 is 0 Å². The first-order chi connectivity index (χ1) is 7.59. The molecule has 0 spiro atoms. The molecule has 0 bridgehead atoms. The van der Waals surface area contributed by atoms with Gasteiger partial charge in [-0.05, 0) is 19.4 Å². The van der Waals surface area contributed by atoms with Gasteiger partial charge in [-0.15, -0.1) is 0 Å². The molecule has 0 aliphatic carbocycles. The molecular weight excluding hydrogens is 247 g/mol. The first-order valence-corrected chi connectivity index (χ1v) is 6.08. The minimum Gasteiger partial charge on any atom is -0.388 e. The van der Waals surface area contributed by atoms with E-state index in [9.17, 15) is 5.11 Å². The van der Waals surface area contributed by atoms with Crippen LogP contribution in [0, 0.1) is 5.92 Å². The van der Waals surface area contributed by atoms with Gasteiger partial charge < -0.3 is 9.84 Å². The summed E-state index contributed by atoms with van der Waals surface area (Å²) < 4.78 is 5.44. The van der Waals surface area contributed by atoms with Gasteiger partial charge in [0.15, 0.2) is 0 Å². The third-order valence-corrected chi connectivity index (χ3v) is 3.81.